The summed E-state index contributed by atoms with van der Waals surface area (Å²) in [6.45, 7) is -0.0581. The monoisotopic (exact) mass is 518 g/mol. The number of aryl methyl sites for hydroxylation is 1. The number of pyridine rings is 1. The van der Waals surface area contributed by atoms with Crippen LogP contribution in [0, 0.1) is 0 Å². The molecule has 2 aliphatic rings. The van der Waals surface area contributed by atoms with Crippen LogP contribution in [-0.4, -0.2) is 46.9 Å². The van der Waals surface area contributed by atoms with E-state index in [-0.39, 0.29) is 49.1 Å². The Morgan fingerprint density at radius 1 is 1.12 bits per heavy atom. The number of halogens is 1. The summed E-state index contributed by atoms with van der Waals surface area (Å²) in [7, 11) is -3.20. The number of amides is 2. The number of benzene rings is 1. The normalized spacial score (nSPS) is 17.4. The number of carboxylic acids is 1. The van der Waals surface area contributed by atoms with Crippen molar-refractivity contribution in [3.63, 3.8) is 0 Å². The predicted molar refractivity (Wildman–Crippen MR) is 127 cm³/mol. The largest absolute Gasteiger partial charge is 0.481 e. The number of hydrogen-bond donors (Lipinski definition) is 1. The number of carboxylic acid groups (broad SMARTS) is 1. The van der Waals surface area contributed by atoms with Crippen molar-refractivity contribution in [3.8, 4) is 11.1 Å². The third kappa shape index (κ3) is 4.10. The molecule has 0 saturated carbocycles. The van der Waals surface area contributed by atoms with Gasteiger partial charge in [-0.1, -0.05) is 35.9 Å². The smallest absolute Gasteiger partial charge is 0.307 e. The second-order valence-corrected chi connectivity index (χ2v) is 12.1. The molecular formula is C23H19ClN2O6S2. The number of likely N-dealkylation sites (tertiary alicyclic amines) is 1. The van der Waals surface area contributed by atoms with Gasteiger partial charge in [0.1, 0.15) is 4.83 Å². The first-order chi connectivity index (χ1) is 16.1. The lowest BCUT2D eigenvalue weighted by atomic mass is 9.96. The summed E-state index contributed by atoms with van der Waals surface area (Å²) in [6, 6.07) is 6.97. The number of aliphatic carboxylic acids is 1. The highest BCUT2D eigenvalue weighted by atomic mass is 35.5. The van der Waals surface area contributed by atoms with Gasteiger partial charge in [-0.15, -0.1) is 11.3 Å². The number of fused-ring (bicyclic) bond motifs is 3. The molecule has 4 heterocycles. The van der Waals surface area contributed by atoms with E-state index in [4.69, 9.17) is 16.7 Å². The molecule has 0 atom stereocenters. The van der Waals surface area contributed by atoms with Gasteiger partial charge in [-0.25, -0.2) is 13.4 Å². The molecule has 0 radical (unpaired) electrons. The van der Waals surface area contributed by atoms with Crippen LogP contribution < -0.4 is 0 Å². The maximum absolute atomic E-state index is 12.2. The van der Waals surface area contributed by atoms with E-state index in [9.17, 15) is 22.8 Å². The average molecular weight is 519 g/mol. The Hall–Kier alpha value is -2.82. The Balaban J connectivity index is 1.70. The lowest BCUT2D eigenvalue weighted by Gasteiger charge is -2.18. The molecule has 1 aromatic carbocycles. The number of carbonyl (C=O) groups is 3. The molecule has 34 heavy (non-hydrogen) atoms. The highest BCUT2D eigenvalue weighted by Gasteiger charge is 2.32. The van der Waals surface area contributed by atoms with Gasteiger partial charge in [0.25, 0.3) is 0 Å². The second kappa shape index (κ2) is 8.44. The van der Waals surface area contributed by atoms with E-state index in [1.165, 1.54) is 11.3 Å². The summed E-state index contributed by atoms with van der Waals surface area (Å²) < 4.78 is 24.5. The SMILES string of the molecule is O=C(O)Cc1ccc(-c2c(Cl)c(CN3C(=O)CCC3=O)nc3sc4c(c23)CCS(=O)(=O)C4)cc1. The van der Waals surface area contributed by atoms with Gasteiger partial charge in [0.15, 0.2) is 9.84 Å². The van der Waals surface area contributed by atoms with Crippen LogP contribution in [0.1, 0.15) is 34.5 Å². The number of carbonyl (C=O) groups excluding carboxylic acids is 2. The number of hydrogen-bond acceptors (Lipinski definition) is 7. The summed E-state index contributed by atoms with van der Waals surface area (Å²) in [6.07, 6.45) is 0.543. The van der Waals surface area contributed by atoms with Gasteiger partial charge in [-0.05, 0) is 23.1 Å². The van der Waals surface area contributed by atoms with Gasteiger partial charge >= 0.3 is 5.97 Å². The summed E-state index contributed by atoms with van der Waals surface area (Å²) in [5.74, 6) is -1.51. The van der Waals surface area contributed by atoms with E-state index in [0.29, 0.717) is 33.1 Å². The van der Waals surface area contributed by atoms with Crippen molar-refractivity contribution in [1.29, 1.82) is 0 Å². The summed E-state index contributed by atoms with van der Waals surface area (Å²) >= 11 is 8.15. The average Bonchev–Trinajstić information content (AvgIpc) is 3.27. The maximum atomic E-state index is 12.2. The van der Waals surface area contributed by atoms with Gasteiger partial charge in [0.05, 0.1) is 35.2 Å². The Bertz CT molecular complexity index is 1460. The fourth-order valence-electron chi connectivity index (χ4n) is 4.46. The Labute approximate surface area is 204 Å². The highest BCUT2D eigenvalue weighted by molar-refractivity contribution is 7.90. The number of nitrogens with zero attached hydrogens (tertiary/aromatic N) is 2. The van der Waals surface area contributed by atoms with Crippen LogP contribution in [0.5, 0.6) is 0 Å². The molecule has 1 N–H and O–H groups in total. The molecule has 5 rings (SSSR count). The molecule has 2 aliphatic heterocycles. The molecule has 2 amide bonds. The third-order valence-corrected chi connectivity index (χ3v) is 9.38. The highest BCUT2D eigenvalue weighted by Crippen LogP contribution is 2.45. The van der Waals surface area contributed by atoms with Crippen molar-refractivity contribution < 1.29 is 27.9 Å². The fraction of sp³-hybridized carbons (Fsp3) is 0.304. The maximum Gasteiger partial charge on any atom is 0.307 e. The number of imide groups is 1. The van der Waals surface area contributed by atoms with E-state index in [1.807, 2.05) is 0 Å². The van der Waals surface area contributed by atoms with Gasteiger partial charge in [-0.3, -0.25) is 19.3 Å². The number of aromatic nitrogens is 1. The van der Waals surface area contributed by atoms with Crippen molar-refractivity contribution in [2.75, 3.05) is 5.75 Å². The van der Waals surface area contributed by atoms with Crippen LogP contribution in [0.15, 0.2) is 24.3 Å². The van der Waals surface area contributed by atoms with Gasteiger partial charge in [-0.2, -0.15) is 0 Å². The molecule has 2 aromatic heterocycles. The van der Waals surface area contributed by atoms with Gasteiger partial charge in [0.2, 0.25) is 11.8 Å². The van der Waals surface area contributed by atoms with E-state index in [1.54, 1.807) is 24.3 Å². The Kier molecular flexibility index (Phi) is 5.70. The fourth-order valence-corrected chi connectivity index (χ4v) is 7.82. The van der Waals surface area contributed by atoms with Crippen LogP contribution >= 0.6 is 22.9 Å². The molecule has 0 spiro atoms. The van der Waals surface area contributed by atoms with Crippen molar-refractivity contribution in [2.45, 2.75) is 38.0 Å². The van der Waals surface area contributed by atoms with Crippen LogP contribution in [0.25, 0.3) is 21.3 Å². The quantitative estimate of drug-likeness (QED) is 0.514. The van der Waals surface area contributed by atoms with Gasteiger partial charge in [0, 0.05) is 28.7 Å². The third-order valence-electron chi connectivity index (χ3n) is 6.11. The molecule has 0 bridgehead atoms. The van der Waals surface area contributed by atoms with Crippen LogP contribution in [0.2, 0.25) is 5.02 Å². The first-order valence-electron chi connectivity index (χ1n) is 10.6. The summed E-state index contributed by atoms with van der Waals surface area (Å²) in [5, 5.41) is 10.1. The van der Waals surface area contributed by atoms with Crippen molar-refractivity contribution in [2.24, 2.45) is 0 Å². The minimum atomic E-state index is -3.20. The van der Waals surface area contributed by atoms with Crippen molar-refractivity contribution in [1.82, 2.24) is 9.88 Å². The molecule has 1 fully saturated rings. The molecule has 0 aliphatic carbocycles. The molecule has 176 valence electrons. The predicted octanol–water partition coefficient (Wildman–Crippen LogP) is 3.36. The minimum Gasteiger partial charge on any atom is -0.481 e. The van der Waals surface area contributed by atoms with Crippen molar-refractivity contribution >= 4 is 60.8 Å². The number of thiophene rings is 1. The zero-order valence-corrected chi connectivity index (χ0v) is 20.2. The lowest BCUT2D eigenvalue weighted by Crippen LogP contribution is -2.29. The second-order valence-electron chi connectivity index (χ2n) is 8.41. The first kappa shape index (κ1) is 22.9. The summed E-state index contributed by atoms with van der Waals surface area (Å²) in [5.41, 5.74) is 3.27. The molecule has 3 aromatic rings. The zero-order chi connectivity index (χ0) is 24.2. The van der Waals surface area contributed by atoms with E-state index in [2.05, 4.69) is 4.98 Å². The number of sulfone groups is 1. The Morgan fingerprint density at radius 3 is 2.44 bits per heavy atom. The Morgan fingerprint density at radius 2 is 1.79 bits per heavy atom. The van der Waals surface area contributed by atoms with Crippen molar-refractivity contribution in [3.05, 3.63) is 51.0 Å². The van der Waals surface area contributed by atoms with Crippen LogP contribution in [-0.2, 0) is 49.4 Å². The molecular weight excluding hydrogens is 500 g/mol. The molecule has 1 saturated heterocycles. The number of rotatable bonds is 5. The molecule has 8 nitrogen and oxygen atoms in total. The van der Waals surface area contributed by atoms with E-state index < -0.39 is 15.8 Å². The molecule has 0 unspecified atom stereocenters. The van der Waals surface area contributed by atoms with Crippen LogP contribution in [0.3, 0.4) is 0 Å². The van der Waals surface area contributed by atoms with E-state index >= 15 is 0 Å². The standard InChI is InChI=1S/C23H19ClN2O6S2/c24-22-15(10-26-17(27)5-6-18(26)28)25-23-21(14-7-8-34(31,32)11-16(14)33-23)20(22)13-3-1-12(2-4-13)9-19(29)30/h1-4H,5-11H2,(H,29,30). The van der Waals surface area contributed by atoms with E-state index in [0.717, 1.165) is 26.3 Å². The molecule has 11 heteroatoms. The van der Waals surface area contributed by atoms with Crippen LogP contribution in [0.4, 0.5) is 0 Å². The lowest BCUT2D eigenvalue weighted by molar-refractivity contribution is -0.139. The van der Waals surface area contributed by atoms with Gasteiger partial charge < -0.3 is 5.11 Å². The topological polar surface area (TPSA) is 122 Å². The zero-order valence-electron chi connectivity index (χ0n) is 17.8. The minimum absolute atomic E-state index is 0.0406. The first-order valence-corrected chi connectivity index (χ1v) is 13.6. The summed E-state index contributed by atoms with van der Waals surface area (Å²) in [4.78, 5) is 42.6.